The lowest BCUT2D eigenvalue weighted by Gasteiger charge is -2.08. The molecule has 4 heteroatoms. The average molecular weight is 276 g/mol. The molecule has 0 aliphatic heterocycles. The lowest BCUT2D eigenvalue weighted by molar-refractivity contribution is 0.112. The van der Waals surface area contributed by atoms with Crippen molar-refractivity contribution in [3.05, 3.63) is 64.6 Å². The SMILES string of the molecule is Cn1c(=O)n2c3ccccc3c(C=O)c2c2ccccc21. The van der Waals surface area contributed by atoms with Crippen molar-refractivity contribution >= 4 is 33.6 Å². The molecule has 0 radical (unpaired) electrons. The number of rotatable bonds is 1. The van der Waals surface area contributed by atoms with Gasteiger partial charge >= 0.3 is 5.69 Å². The summed E-state index contributed by atoms with van der Waals surface area (Å²) in [6, 6.07) is 15.1. The second-order valence-corrected chi connectivity index (χ2v) is 5.09. The van der Waals surface area contributed by atoms with E-state index in [-0.39, 0.29) is 5.69 Å². The molecule has 4 aromatic rings. The van der Waals surface area contributed by atoms with Gasteiger partial charge in [-0.2, -0.15) is 0 Å². The van der Waals surface area contributed by atoms with Crippen molar-refractivity contribution < 1.29 is 4.79 Å². The maximum absolute atomic E-state index is 12.7. The predicted molar refractivity (Wildman–Crippen MR) is 83.0 cm³/mol. The van der Waals surface area contributed by atoms with Crippen LogP contribution in [0.1, 0.15) is 10.4 Å². The molecule has 0 saturated heterocycles. The standard InChI is InChI=1S/C17H12N2O2/c1-18-14-8-4-3-7-12(14)16-13(10-20)11-6-2-5-9-15(11)19(16)17(18)21/h2-10H,1H3. The number of aldehydes is 1. The molecule has 0 spiro atoms. The Bertz CT molecular complexity index is 1090. The van der Waals surface area contributed by atoms with Gasteiger partial charge in [0.1, 0.15) is 0 Å². The Morgan fingerprint density at radius 3 is 2.24 bits per heavy atom. The summed E-state index contributed by atoms with van der Waals surface area (Å²) < 4.78 is 3.24. The molecule has 2 aromatic carbocycles. The van der Waals surface area contributed by atoms with Crippen molar-refractivity contribution in [1.82, 2.24) is 8.97 Å². The van der Waals surface area contributed by atoms with Crippen LogP contribution >= 0.6 is 0 Å². The van der Waals surface area contributed by atoms with Crippen LogP contribution in [0, 0.1) is 0 Å². The largest absolute Gasteiger partial charge is 0.333 e. The van der Waals surface area contributed by atoms with E-state index in [4.69, 9.17) is 0 Å². The van der Waals surface area contributed by atoms with Gasteiger partial charge in [0.2, 0.25) is 0 Å². The number of aryl methyl sites for hydroxylation is 1. The zero-order valence-electron chi connectivity index (χ0n) is 11.4. The smallest absolute Gasteiger partial charge is 0.298 e. The molecule has 2 heterocycles. The summed E-state index contributed by atoms with van der Waals surface area (Å²) in [5, 5.41) is 1.71. The zero-order valence-corrected chi connectivity index (χ0v) is 11.4. The maximum Gasteiger partial charge on any atom is 0.333 e. The molecule has 102 valence electrons. The Morgan fingerprint density at radius 1 is 0.905 bits per heavy atom. The average Bonchev–Trinajstić information content (AvgIpc) is 2.87. The number of hydrogen-bond acceptors (Lipinski definition) is 2. The molecule has 21 heavy (non-hydrogen) atoms. The quantitative estimate of drug-likeness (QED) is 0.502. The van der Waals surface area contributed by atoms with Gasteiger partial charge in [0, 0.05) is 23.4 Å². The molecule has 0 aliphatic rings. The van der Waals surface area contributed by atoms with Gasteiger partial charge in [-0.1, -0.05) is 36.4 Å². The highest BCUT2D eigenvalue weighted by Crippen LogP contribution is 2.28. The molecule has 4 nitrogen and oxygen atoms in total. The Hall–Kier alpha value is -2.88. The van der Waals surface area contributed by atoms with Gasteiger partial charge < -0.3 is 0 Å². The molecule has 0 fully saturated rings. The fourth-order valence-corrected chi connectivity index (χ4v) is 3.07. The van der Waals surface area contributed by atoms with E-state index >= 15 is 0 Å². The van der Waals surface area contributed by atoms with Gasteiger partial charge in [-0.15, -0.1) is 0 Å². The van der Waals surface area contributed by atoms with Crippen LogP contribution in [0.2, 0.25) is 0 Å². The molecule has 2 aromatic heterocycles. The molecule has 4 rings (SSSR count). The second kappa shape index (κ2) is 4.06. The van der Waals surface area contributed by atoms with E-state index in [1.54, 1.807) is 16.0 Å². The van der Waals surface area contributed by atoms with Gasteiger partial charge in [-0.3, -0.25) is 13.8 Å². The summed E-state index contributed by atoms with van der Waals surface area (Å²) in [5.74, 6) is 0. The van der Waals surface area contributed by atoms with E-state index in [0.717, 1.165) is 28.1 Å². The van der Waals surface area contributed by atoms with Crippen molar-refractivity contribution in [1.29, 1.82) is 0 Å². The number of para-hydroxylation sites is 2. The molecule has 0 saturated carbocycles. The first-order valence-corrected chi connectivity index (χ1v) is 6.70. The summed E-state index contributed by atoms with van der Waals surface area (Å²) in [6.45, 7) is 0. The van der Waals surface area contributed by atoms with Crippen LogP contribution in [0.15, 0.2) is 53.3 Å². The minimum atomic E-state index is -0.145. The molecular formula is C17H12N2O2. The molecular weight excluding hydrogens is 264 g/mol. The summed E-state index contributed by atoms with van der Waals surface area (Å²) in [4.78, 5) is 24.3. The molecule has 0 unspecified atom stereocenters. The number of benzene rings is 2. The number of hydrogen-bond donors (Lipinski definition) is 0. The lowest BCUT2D eigenvalue weighted by Crippen LogP contribution is -2.24. The van der Waals surface area contributed by atoms with E-state index in [0.29, 0.717) is 11.1 Å². The van der Waals surface area contributed by atoms with Crippen molar-refractivity contribution in [2.24, 2.45) is 7.05 Å². The van der Waals surface area contributed by atoms with Gasteiger partial charge in [-0.05, 0) is 12.1 Å². The summed E-state index contributed by atoms with van der Waals surface area (Å²) in [7, 11) is 1.75. The molecule has 0 N–H and O–H groups in total. The summed E-state index contributed by atoms with van der Waals surface area (Å²) >= 11 is 0. The van der Waals surface area contributed by atoms with Crippen LogP contribution in [0.4, 0.5) is 0 Å². The minimum Gasteiger partial charge on any atom is -0.298 e. The highest BCUT2D eigenvalue weighted by atomic mass is 16.1. The van der Waals surface area contributed by atoms with Crippen LogP contribution in [0.3, 0.4) is 0 Å². The summed E-state index contributed by atoms with van der Waals surface area (Å²) in [6.07, 6.45) is 0.837. The van der Waals surface area contributed by atoms with Crippen LogP contribution in [-0.2, 0) is 7.05 Å². The van der Waals surface area contributed by atoms with E-state index in [1.165, 1.54) is 0 Å². The third-order valence-electron chi connectivity index (χ3n) is 4.03. The van der Waals surface area contributed by atoms with Gasteiger partial charge in [-0.25, -0.2) is 4.79 Å². The number of nitrogens with zero attached hydrogens (tertiary/aromatic N) is 2. The zero-order chi connectivity index (χ0) is 14.6. The second-order valence-electron chi connectivity index (χ2n) is 5.09. The Labute approximate surface area is 119 Å². The molecule has 0 aliphatic carbocycles. The van der Waals surface area contributed by atoms with Crippen molar-refractivity contribution in [3.8, 4) is 0 Å². The third kappa shape index (κ3) is 1.39. The molecule has 0 atom stereocenters. The number of aromatic nitrogens is 2. The predicted octanol–water partition coefficient (Wildman–Crippen LogP) is 2.76. The normalized spacial score (nSPS) is 11.5. The van der Waals surface area contributed by atoms with E-state index < -0.39 is 0 Å². The van der Waals surface area contributed by atoms with E-state index in [1.807, 2.05) is 48.5 Å². The van der Waals surface area contributed by atoms with Crippen LogP contribution in [0.25, 0.3) is 27.3 Å². The Kier molecular flexibility index (Phi) is 2.30. The Morgan fingerprint density at radius 2 is 1.52 bits per heavy atom. The third-order valence-corrected chi connectivity index (χ3v) is 4.03. The molecule has 0 bridgehead atoms. The van der Waals surface area contributed by atoms with Crippen LogP contribution in [0.5, 0.6) is 0 Å². The van der Waals surface area contributed by atoms with Gasteiger partial charge in [0.25, 0.3) is 0 Å². The molecule has 0 amide bonds. The van der Waals surface area contributed by atoms with Crippen molar-refractivity contribution in [2.75, 3.05) is 0 Å². The maximum atomic E-state index is 12.7. The van der Waals surface area contributed by atoms with Crippen LogP contribution < -0.4 is 5.69 Å². The lowest BCUT2D eigenvalue weighted by atomic mass is 10.1. The first kappa shape index (κ1) is 11.9. The van der Waals surface area contributed by atoms with Crippen molar-refractivity contribution in [3.63, 3.8) is 0 Å². The highest BCUT2D eigenvalue weighted by molar-refractivity contribution is 6.13. The minimum absolute atomic E-state index is 0.145. The number of fused-ring (bicyclic) bond motifs is 5. The first-order chi connectivity index (χ1) is 10.2. The Balaban J connectivity index is 2.51. The van der Waals surface area contributed by atoms with Crippen LogP contribution in [-0.4, -0.2) is 15.3 Å². The summed E-state index contributed by atoms with van der Waals surface area (Å²) in [5.41, 5.74) is 2.69. The number of carbonyl (C=O) groups is 1. The highest BCUT2D eigenvalue weighted by Gasteiger charge is 2.17. The fourth-order valence-electron chi connectivity index (χ4n) is 3.07. The van der Waals surface area contributed by atoms with E-state index in [9.17, 15) is 9.59 Å². The van der Waals surface area contributed by atoms with Gasteiger partial charge in [0.05, 0.1) is 16.6 Å². The number of carbonyl (C=O) groups excluding carboxylic acids is 1. The monoisotopic (exact) mass is 276 g/mol. The van der Waals surface area contributed by atoms with Gasteiger partial charge in [0.15, 0.2) is 6.29 Å². The topological polar surface area (TPSA) is 43.5 Å². The van der Waals surface area contributed by atoms with E-state index in [2.05, 4.69) is 0 Å². The van der Waals surface area contributed by atoms with Crippen molar-refractivity contribution in [2.45, 2.75) is 0 Å². The fraction of sp³-hybridized carbons (Fsp3) is 0.0588. The first-order valence-electron chi connectivity index (χ1n) is 6.70.